The van der Waals surface area contributed by atoms with Gasteiger partial charge in [0.05, 0.1) is 34.3 Å². The standard InChI is InChI=1S/C49H56F4N10O4/c1-2-9-37(47(66)58-30-64)34-16-17-39(38(50)26-34)62-24-19-31(20-25-62)29-63-23-8-11-40(63)48(67)56-21-7-5-3-4-6-10-35-28-57-45(54)42-43(60-61-44(35)42)32-12-14-33(15-13-32)46(65)59-41-27-36(18-22-55-41)49(51,52)53/h6,10,12-18,22,26-28,30-31,37,40H,2-5,7-9,11,19-21,23-25,29H2,1H3,(H2,54,57)(H,56,67)(H,60,61)(H,55,59,65)(H,58,64,66)/b10-6+. The van der Waals surface area contributed by atoms with Gasteiger partial charge in [0, 0.05) is 55.3 Å². The van der Waals surface area contributed by atoms with Crippen LogP contribution in [0.25, 0.3) is 28.2 Å². The Balaban J connectivity index is 0.825. The number of anilines is 3. The Morgan fingerprint density at radius 1 is 0.985 bits per heavy atom. The molecule has 0 radical (unpaired) electrons. The van der Waals surface area contributed by atoms with Crippen LogP contribution in [0.2, 0.25) is 0 Å². The number of pyridine rings is 2. The number of nitrogens with one attached hydrogen (secondary N) is 4. The molecule has 5 heterocycles. The highest BCUT2D eigenvalue weighted by atomic mass is 19.4. The fraction of sp³-hybridized carbons (Fsp3) is 0.408. The monoisotopic (exact) mass is 924 g/mol. The highest BCUT2D eigenvalue weighted by Gasteiger charge is 2.34. The van der Waals surface area contributed by atoms with Crippen molar-refractivity contribution >= 4 is 58.4 Å². The number of halogens is 4. The SMILES string of the molecule is CCCC(C(=O)NC=O)c1ccc(N2CCC(CN3CCCC3C(=O)NCCCCC/C=C/c3cnc(N)c4c(-c5ccc(C(=O)Nc6cc(C(F)(F)F)ccn6)cc5)[nH]nc34)CC2)c(F)c1. The first-order valence-corrected chi connectivity index (χ1v) is 22.9. The van der Waals surface area contributed by atoms with Gasteiger partial charge in [0.25, 0.3) is 5.91 Å². The van der Waals surface area contributed by atoms with Crippen LogP contribution in [-0.4, -0.2) is 88.0 Å². The summed E-state index contributed by atoms with van der Waals surface area (Å²) in [5.74, 6) is -1.46. The molecule has 2 atom stereocenters. The molecule has 2 saturated heterocycles. The van der Waals surface area contributed by atoms with Gasteiger partial charge in [-0.3, -0.25) is 34.5 Å². The maximum absolute atomic E-state index is 15.4. The molecular weight excluding hydrogens is 869 g/mol. The van der Waals surface area contributed by atoms with Gasteiger partial charge in [-0.25, -0.2) is 14.4 Å². The van der Waals surface area contributed by atoms with Crippen molar-refractivity contribution in [2.24, 2.45) is 5.92 Å². The Morgan fingerprint density at radius 3 is 2.51 bits per heavy atom. The summed E-state index contributed by atoms with van der Waals surface area (Å²) in [5.41, 5.74) is 9.36. The highest BCUT2D eigenvalue weighted by molar-refractivity contribution is 6.05. The molecule has 354 valence electrons. The van der Waals surface area contributed by atoms with E-state index in [1.165, 1.54) is 6.07 Å². The van der Waals surface area contributed by atoms with Gasteiger partial charge in [0.15, 0.2) is 0 Å². The van der Waals surface area contributed by atoms with Crippen molar-refractivity contribution in [1.82, 2.24) is 35.7 Å². The average molecular weight is 925 g/mol. The number of rotatable bonds is 19. The quantitative estimate of drug-likeness (QED) is 0.0306. The number of allylic oxidation sites excluding steroid dienone is 1. The predicted octanol–water partition coefficient (Wildman–Crippen LogP) is 8.24. The minimum atomic E-state index is -4.57. The lowest BCUT2D eigenvalue weighted by Gasteiger charge is -2.36. The summed E-state index contributed by atoms with van der Waals surface area (Å²) in [7, 11) is 0. The third-order valence-corrected chi connectivity index (χ3v) is 12.6. The number of alkyl halides is 3. The summed E-state index contributed by atoms with van der Waals surface area (Å²) in [5, 5.41) is 15.9. The van der Waals surface area contributed by atoms with Gasteiger partial charge < -0.3 is 21.3 Å². The number of unbranched alkanes of at least 4 members (excludes halogenated alkanes) is 3. The first-order valence-electron chi connectivity index (χ1n) is 22.9. The van der Waals surface area contributed by atoms with Gasteiger partial charge in [-0.15, -0.1) is 0 Å². The van der Waals surface area contributed by atoms with Crippen molar-refractivity contribution in [3.63, 3.8) is 0 Å². The van der Waals surface area contributed by atoms with Crippen molar-refractivity contribution < 1.29 is 36.7 Å². The van der Waals surface area contributed by atoms with Crippen molar-refractivity contribution in [1.29, 1.82) is 0 Å². The molecule has 6 N–H and O–H groups in total. The number of hydrogen-bond donors (Lipinski definition) is 5. The second kappa shape index (κ2) is 22.2. The third-order valence-electron chi connectivity index (χ3n) is 12.6. The molecule has 14 nitrogen and oxygen atoms in total. The zero-order chi connectivity index (χ0) is 47.5. The molecule has 2 aromatic carbocycles. The number of imide groups is 1. The molecule has 2 fully saturated rings. The van der Waals surface area contributed by atoms with Crippen LogP contribution in [-0.2, 0) is 20.6 Å². The van der Waals surface area contributed by atoms with Crippen LogP contribution in [0, 0.1) is 11.7 Å². The van der Waals surface area contributed by atoms with Crippen LogP contribution in [0.15, 0.2) is 73.1 Å². The maximum Gasteiger partial charge on any atom is 0.416 e. The topological polar surface area (TPSA) is 191 Å². The second-order valence-electron chi connectivity index (χ2n) is 17.2. The Morgan fingerprint density at radius 2 is 1.78 bits per heavy atom. The van der Waals surface area contributed by atoms with Crippen LogP contribution in [0.5, 0.6) is 0 Å². The summed E-state index contributed by atoms with van der Waals surface area (Å²) < 4.78 is 54.7. The third kappa shape index (κ3) is 12.0. The molecule has 0 aliphatic carbocycles. The number of nitrogens with two attached hydrogens (primary N) is 1. The number of fused-ring (bicyclic) bond motifs is 1. The van der Waals surface area contributed by atoms with Gasteiger partial charge in [-0.1, -0.05) is 50.1 Å². The van der Waals surface area contributed by atoms with Crippen LogP contribution >= 0.6 is 0 Å². The molecule has 2 aliphatic rings. The molecule has 18 heteroatoms. The number of H-pyrrole nitrogens is 1. The fourth-order valence-electron chi connectivity index (χ4n) is 9.07. The largest absolute Gasteiger partial charge is 0.416 e. The molecule has 2 aliphatic heterocycles. The van der Waals surface area contributed by atoms with E-state index < -0.39 is 29.5 Å². The summed E-state index contributed by atoms with van der Waals surface area (Å²) in [4.78, 5) is 61.9. The first kappa shape index (κ1) is 48.2. The molecule has 67 heavy (non-hydrogen) atoms. The second-order valence-corrected chi connectivity index (χ2v) is 17.2. The molecule has 0 bridgehead atoms. The lowest BCUT2D eigenvalue weighted by atomic mass is 9.92. The lowest BCUT2D eigenvalue weighted by molar-refractivity contribution is -0.137. The summed E-state index contributed by atoms with van der Waals surface area (Å²) in [6.45, 7) is 5.68. The van der Waals surface area contributed by atoms with E-state index in [0.29, 0.717) is 71.8 Å². The summed E-state index contributed by atoms with van der Waals surface area (Å²) in [6.07, 6.45) is 10.8. The van der Waals surface area contributed by atoms with Gasteiger partial charge in [0.1, 0.15) is 23.0 Å². The van der Waals surface area contributed by atoms with E-state index in [2.05, 4.69) is 52.0 Å². The molecule has 7 rings (SSSR count). The zero-order valence-electron chi connectivity index (χ0n) is 37.4. The minimum absolute atomic E-state index is 0.0754. The number of benzene rings is 2. The number of carbonyl (C=O) groups is 4. The molecule has 2 unspecified atom stereocenters. The van der Waals surface area contributed by atoms with E-state index in [-0.39, 0.29) is 35.0 Å². The fourth-order valence-corrected chi connectivity index (χ4v) is 9.07. The Kier molecular flexibility index (Phi) is 16.0. The Labute approximate surface area is 386 Å². The number of amides is 4. The van der Waals surface area contributed by atoms with E-state index in [4.69, 9.17) is 5.73 Å². The summed E-state index contributed by atoms with van der Waals surface area (Å²) in [6, 6.07) is 12.9. The zero-order valence-corrected chi connectivity index (χ0v) is 37.4. The smallest absolute Gasteiger partial charge is 0.383 e. The number of aromatic nitrogens is 4. The normalized spacial score (nSPS) is 16.4. The summed E-state index contributed by atoms with van der Waals surface area (Å²) >= 11 is 0. The molecule has 3 aromatic heterocycles. The highest BCUT2D eigenvalue weighted by Crippen LogP contribution is 2.34. The van der Waals surface area contributed by atoms with Crippen LogP contribution in [0.3, 0.4) is 0 Å². The number of likely N-dealkylation sites (tertiary alicyclic amines) is 1. The molecule has 5 aromatic rings. The lowest BCUT2D eigenvalue weighted by Crippen LogP contribution is -2.46. The number of aromatic amines is 1. The van der Waals surface area contributed by atoms with Crippen LogP contribution < -0.4 is 26.6 Å². The average Bonchev–Trinajstić information content (AvgIpc) is 3.99. The van der Waals surface area contributed by atoms with Gasteiger partial charge in [-0.05, 0) is 106 Å². The predicted molar refractivity (Wildman–Crippen MR) is 249 cm³/mol. The number of carbonyl (C=O) groups excluding carboxylic acids is 4. The van der Waals surface area contributed by atoms with Gasteiger partial charge in [0.2, 0.25) is 18.2 Å². The molecular formula is C49H56F4N10O4. The number of nitrogen functional groups attached to an aromatic ring is 1. The van der Waals surface area contributed by atoms with Crippen molar-refractivity contribution in [2.75, 3.05) is 48.7 Å². The number of hydrogen-bond acceptors (Lipinski definition) is 10. The number of nitrogens with zero attached hydrogens (tertiary/aromatic N) is 5. The maximum atomic E-state index is 15.4. The van der Waals surface area contributed by atoms with E-state index >= 15 is 4.39 Å². The van der Waals surface area contributed by atoms with Crippen molar-refractivity contribution in [3.05, 3.63) is 101 Å². The molecule has 0 spiro atoms. The van der Waals surface area contributed by atoms with Crippen molar-refractivity contribution in [3.8, 4) is 11.3 Å². The van der Waals surface area contributed by atoms with E-state index in [1.54, 1.807) is 42.6 Å². The Hall–Kier alpha value is -6.69. The van der Waals surface area contributed by atoms with Gasteiger partial charge >= 0.3 is 6.18 Å². The van der Waals surface area contributed by atoms with E-state index in [1.807, 2.05) is 13.0 Å². The molecule has 4 amide bonds. The molecule has 0 saturated carbocycles. The van der Waals surface area contributed by atoms with Crippen molar-refractivity contribution in [2.45, 2.75) is 89.3 Å². The van der Waals surface area contributed by atoms with E-state index in [9.17, 15) is 32.3 Å². The van der Waals surface area contributed by atoms with E-state index in [0.717, 1.165) is 94.8 Å². The number of piperidine rings is 1. The minimum Gasteiger partial charge on any atom is -0.383 e. The first-order chi connectivity index (χ1) is 32.3. The Bertz CT molecular complexity index is 2560. The van der Waals surface area contributed by atoms with Gasteiger partial charge in [-0.2, -0.15) is 18.3 Å². The van der Waals surface area contributed by atoms with Crippen LogP contribution in [0.1, 0.15) is 104 Å². The van der Waals surface area contributed by atoms with Crippen LogP contribution in [0.4, 0.5) is 34.9 Å².